The van der Waals surface area contributed by atoms with E-state index in [4.69, 9.17) is 0 Å². The first-order valence-electron chi connectivity index (χ1n) is 6.14. The van der Waals surface area contributed by atoms with Gasteiger partial charge >= 0.3 is 0 Å². The zero-order chi connectivity index (χ0) is 12.9. The number of rotatable bonds is 4. The molecule has 3 aromatic rings. The lowest BCUT2D eigenvalue weighted by molar-refractivity contribution is 0.747. The van der Waals surface area contributed by atoms with Crippen LogP contribution in [-0.2, 0) is 6.54 Å². The van der Waals surface area contributed by atoms with Crippen molar-refractivity contribution in [3.8, 4) is 0 Å². The monoisotopic (exact) mass is 250 g/mol. The third-order valence-corrected chi connectivity index (χ3v) is 2.95. The molecule has 0 amide bonds. The van der Waals surface area contributed by atoms with Gasteiger partial charge in [0.1, 0.15) is 0 Å². The summed E-state index contributed by atoms with van der Waals surface area (Å²) in [5.74, 6) is 0. The molecule has 0 spiro atoms. The van der Waals surface area contributed by atoms with Crippen LogP contribution in [0.3, 0.4) is 0 Å². The van der Waals surface area contributed by atoms with Gasteiger partial charge in [0.15, 0.2) is 0 Å². The summed E-state index contributed by atoms with van der Waals surface area (Å²) in [6.45, 7) is 0.696. The normalized spacial score (nSPS) is 11.2. The van der Waals surface area contributed by atoms with Gasteiger partial charge in [-0.3, -0.25) is 4.98 Å². The van der Waals surface area contributed by atoms with Crippen molar-refractivity contribution < 1.29 is 0 Å². The molecular weight excluding hydrogens is 236 g/mol. The lowest BCUT2D eigenvalue weighted by Crippen LogP contribution is -2.05. The largest absolute Gasteiger partial charge is 0.361 e. The van der Waals surface area contributed by atoms with E-state index in [1.807, 2.05) is 36.7 Å². The Morgan fingerprint density at radius 3 is 2.89 bits per heavy atom. The lowest BCUT2D eigenvalue weighted by Gasteiger charge is -1.99. The smallest absolute Gasteiger partial charge is 0.0581 e. The minimum absolute atomic E-state index is 0.696. The van der Waals surface area contributed by atoms with E-state index in [-0.39, 0.29) is 0 Å². The second-order valence-electron chi connectivity index (χ2n) is 4.24. The fourth-order valence-corrected chi connectivity index (χ4v) is 1.95. The number of benzene rings is 1. The number of hydrazone groups is 1. The van der Waals surface area contributed by atoms with Gasteiger partial charge in [-0.2, -0.15) is 5.10 Å². The molecule has 0 fully saturated rings. The van der Waals surface area contributed by atoms with Gasteiger partial charge in [-0.05, 0) is 23.8 Å². The van der Waals surface area contributed by atoms with E-state index in [1.54, 1.807) is 12.4 Å². The second kappa shape index (κ2) is 5.35. The average Bonchev–Trinajstić information content (AvgIpc) is 2.88. The van der Waals surface area contributed by atoms with Crippen molar-refractivity contribution in [3.63, 3.8) is 0 Å². The summed E-state index contributed by atoms with van der Waals surface area (Å²) in [6, 6.07) is 12.1. The summed E-state index contributed by atoms with van der Waals surface area (Å²) >= 11 is 0. The van der Waals surface area contributed by atoms with Gasteiger partial charge < -0.3 is 10.4 Å². The Bertz CT molecular complexity index is 685. The number of nitrogens with zero attached hydrogens (tertiary/aromatic N) is 2. The van der Waals surface area contributed by atoms with Crippen molar-refractivity contribution in [3.05, 3.63) is 66.1 Å². The molecule has 0 aliphatic heterocycles. The van der Waals surface area contributed by atoms with Crippen LogP contribution < -0.4 is 5.43 Å². The zero-order valence-corrected chi connectivity index (χ0v) is 10.4. The summed E-state index contributed by atoms with van der Waals surface area (Å²) < 4.78 is 0. The van der Waals surface area contributed by atoms with Gasteiger partial charge in [-0.15, -0.1) is 0 Å². The summed E-state index contributed by atoms with van der Waals surface area (Å²) in [6.07, 6.45) is 7.35. The molecule has 0 aliphatic carbocycles. The van der Waals surface area contributed by atoms with E-state index in [0.29, 0.717) is 6.54 Å². The van der Waals surface area contributed by atoms with E-state index in [0.717, 1.165) is 16.6 Å². The molecule has 0 saturated heterocycles. The molecule has 2 N–H and O–H groups in total. The highest BCUT2D eigenvalue weighted by Crippen LogP contribution is 2.15. The maximum absolute atomic E-state index is 4.24. The molecule has 4 nitrogen and oxygen atoms in total. The lowest BCUT2D eigenvalue weighted by atomic mass is 10.2. The average molecular weight is 250 g/mol. The van der Waals surface area contributed by atoms with Crippen molar-refractivity contribution in [1.82, 2.24) is 15.4 Å². The van der Waals surface area contributed by atoms with Crippen LogP contribution in [0.25, 0.3) is 10.9 Å². The molecule has 0 radical (unpaired) electrons. The van der Waals surface area contributed by atoms with Gasteiger partial charge in [-0.25, -0.2) is 0 Å². The fourth-order valence-electron chi connectivity index (χ4n) is 1.95. The van der Waals surface area contributed by atoms with Crippen LogP contribution in [0.1, 0.15) is 11.1 Å². The number of H-pyrrole nitrogens is 1. The van der Waals surface area contributed by atoms with Gasteiger partial charge in [0.25, 0.3) is 0 Å². The SMILES string of the molecule is C(=N\NCc1ccncc1)/c1c[nH]c2ccccc12. The molecule has 1 aromatic carbocycles. The Morgan fingerprint density at radius 2 is 2.00 bits per heavy atom. The number of pyridine rings is 1. The maximum atomic E-state index is 4.24. The number of para-hydroxylation sites is 1. The predicted octanol–water partition coefficient (Wildman–Crippen LogP) is 2.69. The molecule has 0 aliphatic rings. The molecule has 19 heavy (non-hydrogen) atoms. The Hall–Kier alpha value is -2.62. The third kappa shape index (κ3) is 2.63. The number of nitrogens with one attached hydrogen (secondary N) is 2. The van der Waals surface area contributed by atoms with E-state index in [1.165, 1.54) is 5.39 Å². The van der Waals surface area contributed by atoms with Crippen LogP contribution in [0.15, 0.2) is 60.1 Å². The molecule has 0 saturated carbocycles. The first kappa shape index (κ1) is 11.5. The van der Waals surface area contributed by atoms with Gasteiger partial charge in [0.2, 0.25) is 0 Å². The zero-order valence-electron chi connectivity index (χ0n) is 10.4. The van der Waals surface area contributed by atoms with E-state index < -0.39 is 0 Å². The first-order chi connectivity index (χ1) is 9.43. The number of aromatic amines is 1. The molecule has 2 heterocycles. The summed E-state index contributed by atoms with van der Waals surface area (Å²) in [5, 5.41) is 5.42. The van der Waals surface area contributed by atoms with Crippen molar-refractivity contribution in [1.29, 1.82) is 0 Å². The molecular formula is C15H14N4. The highest BCUT2D eigenvalue weighted by Gasteiger charge is 1.98. The number of hydrogen-bond acceptors (Lipinski definition) is 3. The number of fused-ring (bicyclic) bond motifs is 1. The fraction of sp³-hybridized carbons (Fsp3) is 0.0667. The maximum Gasteiger partial charge on any atom is 0.0581 e. The van der Waals surface area contributed by atoms with Crippen molar-refractivity contribution in [2.24, 2.45) is 5.10 Å². The molecule has 0 unspecified atom stereocenters. The molecule has 4 heteroatoms. The van der Waals surface area contributed by atoms with Crippen molar-refractivity contribution in [2.75, 3.05) is 0 Å². The minimum atomic E-state index is 0.696. The van der Waals surface area contributed by atoms with Crippen molar-refractivity contribution >= 4 is 17.1 Å². The Balaban J connectivity index is 1.67. The summed E-state index contributed by atoms with van der Waals surface area (Å²) in [5.41, 5.74) is 6.40. The Morgan fingerprint density at radius 1 is 1.16 bits per heavy atom. The van der Waals surface area contributed by atoms with Crippen LogP contribution in [0.5, 0.6) is 0 Å². The minimum Gasteiger partial charge on any atom is -0.361 e. The number of hydrogen-bond donors (Lipinski definition) is 2. The number of aromatic nitrogens is 2. The van der Waals surface area contributed by atoms with Crippen LogP contribution in [0.2, 0.25) is 0 Å². The molecule has 0 bridgehead atoms. The van der Waals surface area contributed by atoms with Crippen LogP contribution in [-0.4, -0.2) is 16.2 Å². The predicted molar refractivity (Wildman–Crippen MR) is 77.0 cm³/mol. The topological polar surface area (TPSA) is 53.1 Å². The molecule has 2 aromatic heterocycles. The third-order valence-electron chi connectivity index (χ3n) is 2.95. The van der Waals surface area contributed by atoms with Crippen LogP contribution in [0, 0.1) is 0 Å². The first-order valence-corrected chi connectivity index (χ1v) is 6.14. The van der Waals surface area contributed by atoms with Crippen LogP contribution >= 0.6 is 0 Å². The second-order valence-corrected chi connectivity index (χ2v) is 4.24. The standard InChI is InChI=1S/C15H14N4/c1-2-4-15-14(3-1)13(10-17-15)11-19-18-9-12-5-7-16-8-6-12/h1-8,10-11,17-18H,9H2/b19-11+. The highest BCUT2D eigenvalue weighted by molar-refractivity contribution is 5.98. The molecule has 3 rings (SSSR count). The molecule has 94 valence electrons. The van der Waals surface area contributed by atoms with E-state index in [2.05, 4.69) is 32.6 Å². The summed E-state index contributed by atoms with van der Waals surface area (Å²) in [4.78, 5) is 7.20. The molecule has 0 atom stereocenters. The van der Waals surface area contributed by atoms with Gasteiger partial charge in [-0.1, -0.05) is 18.2 Å². The highest BCUT2D eigenvalue weighted by atomic mass is 15.3. The van der Waals surface area contributed by atoms with Crippen molar-refractivity contribution in [2.45, 2.75) is 6.54 Å². The quantitative estimate of drug-likeness (QED) is 0.552. The van der Waals surface area contributed by atoms with Gasteiger partial charge in [0.05, 0.1) is 12.8 Å². The summed E-state index contributed by atoms with van der Waals surface area (Å²) in [7, 11) is 0. The Kier molecular flexibility index (Phi) is 3.23. The van der Waals surface area contributed by atoms with E-state index >= 15 is 0 Å². The van der Waals surface area contributed by atoms with E-state index in [9.17, 15) is 0 Å². The van der Waals surface area contributed by atoms with Gasteiger partial charge in [0, 0.05) is 35.1 Å². The Labute approximate surface area is 111 Å². The van der Waals surface area contributed by atoms with Crippen LogP contribution in [0.4, 0.5) is 0 Å².